The van der Waals surface area contributed by atoms with Gasteiger partial charge in [-0.25, -0.2) is 4.39 Å². The van der Waals surface area contributed by atoms with Gasteiger partial charge in [-0.05, 0) is 37.8 Å². The van der Waals surface area contributed by atoms with E-state index in [-0.39, 0.29) is 11.9 Å². The Morgan fingerprint density at radius 3 is 2.76 bits per heavy atom. The van der Waals surface area contributed by atoms with E-state index in [9.17, 15) is 4.39 Å². The molecule has 0 aromatic carbocycles. The predicted molar refractivity (Wildman–Crippen MR) is 67.2 cm³/mol. The van der Waals surface area contributed by atoms with Crippen molar-refractivity contribution in [2.24, 2.45) is 5.92 Å². The maximum absolute atomic E-state index is 12.8. The van der Waals surface area contributed by atoms with Crippen LogP contribution in [0.3, 0.4) is 0 Å². The zero-order valence-corrected chi connectivity index (χ0v) is 10.6. The van der Waals surface area contributed by atoms with Crippen LogP contribution in [0.2, 0.25) is 0 Å². The fourth-order valence-corrected chi connectivity index (χ4v) is 2.27. The number of nitrogens with one attached hydrogen (secondary N) is 1. The van der Waals surface area contributed by atoms with E-state index in [1.165, 1.54) is 31.5 Å². The molecule has 0 aliphatic heterocycles. The minimum absolute atomic E-state index is 0.240. The highest BCUT2D eigenvalue weighted by Gasteiger charge is 2.24. The number of aromatic nitrogens is 1. The Hall–Kier alpha value is -0.960. The van der Waals surface area contributed by atoms with Crippen molar-refractivity contribution < 1.29 is 4.39 Å². The Bertz CT molecular complexity index is 346. The van der Waals surface area contributed by atoms with E-state index < -0.39 is 0 Å². The highest BCUT2D eigenvalue weighted by molar-refractivity contribution is 5.10. The number of hydrogen-bond donors (Lipinski definition) is 1. The Morgan fingerprint density at radius 2 is 2.24 bits per heavy atom. The van der Waals surface area contributed by atoms with Gasteiger partial charge in [0.15, 0.2) is 0 Å². The Labute approximate surface area is 103 Å². The van der Waals surface area contributed by atoms with Crippen LogP contribution in [0, 0.1) is 11.7 Å². The van der Waals surface area contributed by atoms with Crippen LogP contribution in [-0.4, -0.2) is 11.0 Å². The van der Waals surface area contributed by atoms with Gasteiger partial charge in [0.05, 0.1) is 11.9 Å². The fraction of sp³-hybridized carbons (Fsp3) is 0.643. The molecular formula is C14H21FN2. The van der Waals surface area contributed by atoms with Crippen LogP contribution in [0.5, 0.6) is 0 Å². The maximum Gasteiger partial charge on any atom is 0.141 e. The molecule has 1 aromatic rings. The Balaban J connectivity index is 1.92. The largest absolute Gasteiger partial charge is 0.306 e. The van der Waals surface area contributed by atoms with E-state index in [0.717, 1.165) is 18.0 Å². The minimum Gasteiger partial charge on any atom is -0.306 e. The molecule has 2 nitrogen and oxygen atoms in total. The molecule has 1 N–H and O–H groups in total. The molecule has 2 atom stereocenters. The van der Waals surface area contributed by atoms with Crippen molar-refractivity contribution in [2.45, 2.75) is 51.6 Å². The van der Waals surface area contributed by atoms with Gasteiger partial charge in [-0.15, -0.1) is 0 Å². The topological polar surface area (TPSA) is 24.9 Å². The lowest BCUT2D eigenvalue weighted by Crippen LogP contribution is -2.31. The number of rotatable bonds is 6. The lowest BCUT2D eigenvalue weighted by molar-refractivity contribution is 0.407. The monoisotopic (exact) mass is 236 g/mol. The molecule has 1 aromatic heterocycles. The van der Waals surface area contributed by atoms with Crippen molar-refractivity contribution in [3.05, 3.63) is 29.8 Å². The first kappa shape index (κ1) is 12.5. The quantitative estimate of drug-likeness (QED) is 0.818. The summed E-state index contributed by atoms with van der Waals surface area (Å²) in [6, 6.07) is 4.02. The number of hydrogen-bond acceptors (Lipinski definition) is 2. The standard InChI is InChI=1S/C14H21FN2/c1-3-13(14-7-6-12(15)9-16-14)17-10(2)8-11-4-5-11/h6-7,9-11,13,17H,3-5,8H2,1-2H3. The summed E-state index contributed by atoms with van der Waals surface area (Å²) in [6.45, 7) is 4.36. The SMILES string of the molecule is CCC(NC(C)CC1CC1)c1ccc(F)cn1. The van der Waals surface area contributed by atoms with E-state index in [1.54, 1.807) is 6.07 Å². The van der Waals surface area contributed by atoms with E-state index in [4.69, 9.17) is 0 Å². The minimum atomic E-state index is -0.269. The van der Waals surface area contributed by atoms with Crippen LogP contribution >= 0.6 is 0 Å². The second-order valence-corrected chi connectivity index (χ2v) is 5.11. The van der Waals surface area contributed by atoms with E-state index in [2.05, 4.69) is 24.1 Å². The number of nitrogens with zero attached hydrogens (tertiary/aromatic N) is 1. The molecule has 3 heteroatoms. The second-order valence-electron chi connectivity index (χ2n) is 5.11. The Morgan fingerprint density at radius 1 is 1.47 bits per heavy atom. The normalized spacial score (nSPS) is 19.0. The van der Waals surface area contributed by atoms with Gasteiger partial charge in [0.2, 0.25) is 0 Å². The van der Waals surface area contributed by atoms with Crippen molar-refractivity contribution in [1.29, 1.82) is 0 Å². The van der Waals surface area contributed by atoms with Gasteiger partial charge in [0.1, 0.15) is 5.82 Å². The summed E-state index contributed by atoms with van der Waals surface area (Å²) in [6.07, 6.45) is 6.30. The summed E-state index contributed by atoms with van der Waals surface area (Å²) in [5, 5.41) is 3.59. The third-order valence-corrected chi connectivity index (χ3v) is 3.39. The average Bonchev–Trinajstić information content (AvgIpc) is 3.11. The van der Waals surface area contributed by atoms with Gasteiger partial charge < -0.3 is 5.32 Å². The molecule has 0 spiro atoms. The molecule has 1 heterocycles. The maximum atomic E-state index is 12.8. The highest BCUT2D eigenvalue weighted by atomic mass is 19.1. The van der Waals surface area contributed by atoms with Crippen LogP contribution in [0.15, 0.2) is 18.3 Å². The van der Waals surface area contributed by atoms with Gasteiger partial charge in [-0.3, -0.25) is 4.98 Å². The van der Waals surface area contributed by atoms with Crippen molar-refractivity contribution in [2.75, 3.05) is 0 Å². The first-order valence-electron chi connectivity index (χ1n) is 6.56. The summed E-state index contributed by atoms with van der Waals surface area (Å²) in [5.74, 6) is 0.658. The molecule has 0 amide bonds. The third-order valence-electron chi connectivity index (χ3n) is 3.39. The molecule has 2 unspecified atom stereocenters. The Kier molecular flexibility index (Phi) is 4.11. The summed E-state index contributed by atoms with van der Waals surface area (Å²) >= 11 is 0. The van der Waals surface area contributed by atoms with Crippen molar-refractivity contribution in [3.63, 3.8) is 0 Å². The van der Waals surface area contributed by atoms with Gasteiger partial charge >= 0.3 is 0 Å². The second kappa shape index (κ2) is 5.58. The smallest absolute Gasteiger partial charge is 0.141 e. The van der Waals surface area contributed by atoms with Crippen molar-refractivity contribution in [3.8, 4) is 0 Å². The predicted octanol–water partition coefficient (Wildman–Crippen LogP) is 3.45. The molecule has 94 valence electrons. The van der Waals surface area contributed by atoms with Gasteiger partial charge in [-0.2, -0.15) is 0 Å². The molecule has 0 bridgehead atoms. The zero-order chi connectivity index (χ0) is 12.3. The lowest BCUT2D eigenvalue weighted by atomic mass is 10.1. The number of halogens is 1. The van der Waals surface area contributed by atoms with Crippen LogP contribution in [0.1, 0.15) is 51.3 Å². The lowest BCUT2D eigenvalue weighted by Gasteiger charge is -2.21. The fourth-order valence-electron chi connectivity index (χ4n) is 2.27. The van der Waals surface area contributed by atoms with Gasteiger partial charge in [0, 0.05) is 12.1 Å². The summed E-state index contributed by atoms with van der Waals surface area (Å²) in [5.41, 5.74) is 0.941. The summed E-state index contributed by atoms with van der Waals surface area (Å²) in [7, 11) is 0. The first-order valence-corrected chi connectivity index (χ1v) is 6.56. The van der Waals surface area contributed by atoms with Crippen LogP contribution in [0.25, 0.3) is 0 Å². The van der Waals surface area contributed by atoms with E-state index in [0.29, 0.717) is 6.04 Å². The molecular weight excluding hydrogens is 215 g/mol. The summed E-state index contributed by atoms with van der Waals surface area (Å²) in [4.78, 5) is 4.16. The van der Waals surface area contributed by atoms with Crippen LogP contribution in [-0.2, 0) is 0 Å². The molecule has 1 fully saturated rings. The van der Waals surface area contributed by atoms with Gasteiger partial charge in [0.25, 0.3) is 0 Å². The van der Waals surface area contributed by atoms with Gasteiger partial charge in [-0.1, -0.05) is 19.8 Å². The van der Waals surface area contributed by atoms with E-state index in [1.807, 2.05) is 0 Å². The highest BCUT2D eigenvalue weighted by Crippen LogP contribution is 2.33. The average molecular weight is 236 g/mol. The molecule has 0 saturated heterocycles. The molecule has 1 saturated carbocycles. The number of pyridine rings is 1. The molecule has 1 aliphatic carbocycles. The zero-order valence-electron chi connectivity index (χ0n) is 10.6. The molecule has 2 rings (SSSR count). The van der Waals surface area contributed by atoms with E-state index >= 15 is 0 Å². The summed E-state index contributed by atoms with van der Waals surface area (Å²) < 4.78 is 12.8. The molecule has 1 aliphatic rings. The van der Waals surface area contributed by atoms with Crippen molar-refractivity contribution in [1.82, 2.24) is 10.3 Å². The third kappa shape index (κ3) is 3.77. The first-order chi connectivity index (χ1) is 8.19. The van der Waals surface area contributed by atoms with Crippen LogP contribution < -0.4 is 5.32 Å². The van der Waals surface area contributed by atoms with Crippen molar-refractivity contribution >= 4 is 0 Å². The molecule has 17 heavy (non-hydrogen) atoms. The molecule has 0 radical (unpaired) electrons. The van der Waals surface area contributed by atoms with Crippen LogP contribution in [0.4, 0.5) is 4.39 Å².